The van der Waals surface area contributed by atoms with Crippen LogP contribution in [0.1, 0.15) is 44.4 Å². The van der Waals surface area contributed by atoms with Gasteiger partial charge in [-0.3, -0.25) is 9.59 Å². The van der Waals surface area contributed by atoms with E-state index in [9.17, 15) is 4.79 Å². The molecule has 0 fully saturated rings. The van der Waals surface area contributed by atoms with Crippen LogP contribution in [0, 0.1) is 0 Å². The van der Waals surface area contributed by atoms with Crippen LogP contribution in [-0.4, -0.2) is 11.7 Å². The Morgan fingerprint density at radius 1 is 0.481 bits per heavy atom. The summed E-state index contributed by atoms with van der Waals surface area (Å²) in [7, 11) is 0. The van der Waals surface area contributed by atoms with E-state index in [0.29, 0.717) is 31.8 Å². The van der Waals surface area contributed by atoms with E-state index in [2.05, 4.69) is 35.6 Å². The van der Waals surface area contributed by atoms with E-state index in [-0.39, 0.29) is 11.7 Å². The van der Waals surface area contributed by atoms with E-state index in [1.165, 1.54) is 0 Å². The Morgan fingerprint density at radius 3 is 1.73 bits per heavy atom. The van der Waals surface area contributed by atoms with Crippen LogP contribution < -0.4 is 5.32 Å². The van der Waals surface area contributed by atoms with Gasteiger partial charge in [0.15, 0.2) is 5.78 Å². The molecule has 2 atom stereocenters. The summed E-state index contributed by atoms with van der Waals surface area (Å²) in [4.78, 5) is 29.7. The van der Waals surface area contributed by atoms with Gasteiger partial charge in [0.25, 0.3) is 0 Å². The molecule has 1 aliphatic heterocycles. The smallest absolute Gasteiger partial charge is 0.235 e. The minimum Gasteiger partial charge on any atom is -0.331 e. The molecule has 0 aliphatic carbocycles. The molecule has 252 valence electrons. The topological polar surface area (TPSA) is 46.2 Å². The highest BCUT2D eigenvalue weighted by Crippen LogP contribution is 2.50. The first-order valence-electron chi connectivity index (χ1n) is 16.9. The Kier molecular flexibility index (Phi) is 9.25. The second-order valence-electron chi connectivity index (χ2n) is 12.9. The second kappa shape index (κ2) is 14.3. The van der Waals surface area contributed by atoms with E-state index in [1.807, 2.05) is 121 Å². The summed E-state index contributed by atoms with van der Waals surface area (Å²) in [5.41, 5.74) is 5.63. The van der Waals surface area contributed by atoms with Crippen molar-refractivity contribution in [2.24, 2.45) is 0 Å². The molecule has 1 heterocycles. The maximum Gasteiger partial charge on any atom is 0.235 e. The molecular formula is C46H30Cl3NO2. The number of rotatable bonds is 6. The van der Waals surface area contributed by atoms with Gasteiger partial charge in [-0.05, 0) is 103 Å². The SMILES string of the molecule is O=C(/C1=C/NC(=O)C(c2cccc(Cl)c2)/C(c2ccc(Cl)cc2)=C(/c2ccc3ccccc3c2)C1c1ccc(Cl)cc1)c1ccc2ccccc2c1. The van der Waals surface area contributed by atoms with Gasteiger partial charge in [-0.25, -0.2) is 0 Å². The molecule has 6 heteroatoms. The highest BCUT2D eigenvalue weighted by Gasteiger charge is 2.38. The number of halogens is 3. The summed E-state index contributed by atoms with van der Waals surface area (Å²) in [6, 6.07) is 50.5. The average Bonchev–Trinajstić information content (AvgIpc) is 3.16. The summed E-state index contributed by atoms with van der Waals surface area (Å²) in [6.45, 7) is 0. The summed E-state index contributed by atoms with van der Waals surface area (Å²) < 4.78 is 0. The Hall–Kier alpha value is -5.45. The van der Waals surface area contributed by atoms with Crippen LogP contribution in [0.25, 0.3) is 32.7 Å². The zero-order chi connectivity index (χ0) is 35.8. The summed E-state index contributed by atoms with van der Waals surface area (Å²) in [5, 5.41) is 8.77. The summed E-state index contributed by atoms with van der Waals surface area (Å²) in [6.07, 6.45) is 1.59. The molecule has 0 radical (unpaired) electrons. The molecule has 1 amide bonds. The largest absolute Gasteiger partial charge is 0.331 e. The van der Waals surface area contributed by atoms with Crippen LogP contribution in [-0.2, 0) is 4.79 Å². The fourth-order valence-electron chi connectivity index (χ4n) is 7.24. The van der Waals surface area contributed by atoms with Crippen LogP contribution in [0.4, 0.5) is 0 Å². The monoisotopic (exact) mass is 733 g/mol. The van der Waals surface area contributed by atoms with Crippen molar-refractivity contribution in [2.75, 3.05) is 0 Å². The highest BCUT2D eigenvalue weighted by molar-refractivity contribution is 6.31. The van der Waals surface area contributed by atoms with E-state index < -0.39 is 11.8 Å². The number of benzene rings is 7. The fraction of sp³-hybridized carbons (Fsp3) is 0.0435. The molecule has 0 spiro atoms. The zero-order valence-corrected chi connectivity index (χ0v) is 30.0. The molecular weight excluding hydrogens is 705 g/mol. The normalized spacial score (nSPS) is 18.7. The maximum atomic E-state index is 15.0. The van der Waals surface area contributed by atoms with Gasteiger partial charge in [0.1, 0.15) is 0 Å². The zero-order valence-electron chi connectivity index (χ0n) is 27.7. The van der Waals surface area contributed by atoms with Gasteiger partial charge >= 0.3 is 0 Å². The molecule has 0 bridgehead atoms. The Morgan fingerprint density at radius 2 is 1.06 bits per heavy atom. The van der Waals surface area contributed by atoms with Crippen LogP contribution in [0.2, 0.25) is 15.1 Å². The van der Waals surface area contributed by atoms with Gasteiger partial charge in [0.05, 0.1) is 5.92 Å². The Bertz CT molecular complexity index is 2570. The van der Waals surface area contributed by atoms with Crippen molar-refractivity contribution in [3.8, 4) is 0 Å². The molecule has 2 unspecified atom stereocenters. The van der Waals surface area contributed by atoms with Gasteiger partial charge < -0.3 is 5.32 Å². The average molecular weight is 735 g/mol. The summed E-state index contributed by atoms with van der Waals surface area (Å²) in [5.74, 6) is -1.97. The number of carbonyl (C=O) groups is 2. The summed E-state index contributed by atoms with van der Waals surface area (Å²) >= 11 is 19.5. The van der Waals surface area contributed by atoms with Crippen LogP contribution in [0.15, 0.2) is 169 Å². The van der Waals surface area contributed by atoms with Crippen molar-refractivity contribution in [3.63, 3.8) is 0 Å². The quantitative estimate of drug-likeness (QED) is 0.173. The maximum absolute atomic E-state index is 15.0. The number of hydrogen-bond donors (Lipinski definition) is 1. The lowest BCUT2D eigenvalue weighted by Crippen LogP contribution is -2.31. The predicted octanol–water partition coefficient (Wildman–Crippen LogP) is 12.3. The van der Waals surface area contributed by atoms with Crippen LogP contribution >= 0.6 is 34.8 Å². The molecule has 1 N–H and O–H groups in total. The predicted molar refractivity (Wildman–Crippen MR) is 215 cm³/mol. The highest BCUT2D eigenvalue weighted by atomic mass is 35.5. The minimum absolute atomic E-state index is 0.207. The van der Waals surface area contributed by atoms with Crippen molar-refractivity contribution in [2.45, 2.75) is 11.8 Å². The number of ketones is 1. The third-order valence-corrected chi connectivity index (χ3v) is 10.4. The second-order valence-corrected chi connectivity index (χ2v) is 14.2. The van der Waals surface area contributed by atoms with E-state index in [1.54, 1.807) is 12.3 Å². The molecule has 52 heavy (non-hydrogen) atoms. The Labute approximate surface area is 316 Å². The molecule has 7 aromatic carbocycles. The molecule has 0 saturated carbocycles. The lowest BCUT2D eigenvalue weighted by molar-refractivity contribution is -0.120. The van der Waals surface area contributed by atoms with Crippen molar-refractivity contribution < 1.29 is 9.59 Å². The third-order valence-electron chi connectivity index (χ3n) is 9.69. The number of Topliss-reactive ketones (excluding diaryl/α,β-unsaturated/α-hetero) is 1. The first kappa shape index (κ1) is 33.7. The van der Waals surface area contributed by atoms with Gasteiger partial charge in [0.2, 0.25) is 5.91 Å². The van der Waals surface area contributed by atoms with Gasteiger partial charge in [-0.1, -0.05) is 144 Å². The number of amides is 1. The molecule has 8 rings (SSSR count). The van der Waals surface area contributed by atoms with E-state index >= 15 is 4.79 Å². The minimum atomic E-state index is -0.815. The van der Waals surface area contributed by atoms with Crippen molar-refractivity contribution in [3.05, 3.63) is 212 Å². The van der Waals surface area contributed by atoms with Crippen molar-refractivity contribution in [1.82, 2.24) is 5.32 Å². The van der Waals surface area contributed by atoms with Gasteiger partial charge in [-0.15, -0.1) is 0 Å². The number of fused-ring (bicyclic) bond motifs is 2. The standard InChI is InChI=1S/C46H30Cl3NO2/c47-37-20-16-30(17-21-37)41-40(45(51)36-15-13-29-7-2-4-9-33(29)25-36)27-50-46(52)44(34-10-5-11-39(49)26-34)42(31-18-22-38(48)23-19-31)43(41)35-14-12-28-6-1-3-8-32(28)24-35/h1-27,41,44H,(H,50,52)/b40-27+,43-42-. The first-order chi connectivity index (χ1) is 25.3. The number of hydrogen-bond acceptors (Lipinski definition) is 2. The lowest BCUT2D eigenvalue weighted by atomic mass is 9.71. The lowest BCUT2D eigenvalue weighted by Gasteiger charge is -2.33. The van der Waals surface area contributed by atoms with Gasteiger partial charge in [0, 0.05) is 38.3 Å². The van der Waals surface area contributed by atoms with Crippen molar-refractivity contribution >= 4 is 79.2 Å². The molecule has 0 aromatic heterocycles. The number of nitrogens with one attached hydrogen (secondary N) is 1. The molecule has 3 nitrogen and oxygen atoms in total. The van der Waals surface area contributed by atoms with Crippen LogP contribution in [0.3, 0.4) is 0 Å². The third kappa shape index (κ3) is 6.55. The Balaban J connectivity index is 1.49. The van der Waals surface area contributed by atoms with Crippen LogP contribution in [0.5, 0.6) is 0 Å². The fourth-order valence-corrected chi connectivity index (χ4v) is 7.69. The molecule has 7 aromatic rings. The molecule has 1 aliphatic rings. The van der Waals surface area contributed by atoms with Crippen molar-refractivity contribution in [1.29, 1.82) is 0 Å². The first-order valence-corrected chi connectivity index (χ1v) is 18.0. The van der Waals surface area contributed by atoms with E-state index in [4.69, 9.17) is 34.8 Å². The van der Waals surface area contributed by atoms with E-state index in [0.717, 1.165) is 49.4 Å². The number of carbonyl (C=O) groups excluding carboxylic acids is 2. The van der Waals surface area contributed by atoms with Gasteiger partial charge in [-0.2, -0.15) is 0 Å². The number of allylic oxidation sites excluding steroid dienone is 2. The molecule has 0 saturated heterocycles.